The van der Waals surface area contributed by atoms with E-state index in [1.54, 1.807) is 0 Å². The largest absolute Gasteiger partial charge is 0.376 e. The molecule has 0 bridgehead atoms. The number of likely N-dealkylation sites (tertiary alicyclic amines) is 1. The van der Waals surface area contributed by atoms with Gasteiger partial charge in [0.2, 0.25) is 5.91 Å². The molecule has 1 saturated heterocycles. The van der Waals surface area contributed by atoms with Crippen LogP contribution in [0.4, 0.5) is 0 Å². The lowest BCUT2D eigenvalue weighted by atomic mass is 9.91. The zero-order valence-electron chi connectivity index (χ0n) is 11.7. The van der Waals surface area contributed by atoms with Crippen LogP contribution in [0.5, 0.6) is 0 Å². The van der Waals surface area contributed by atoms with E-state index in [-0.39, 0.29) is 0 Å². The molecule has 3 nitrogen and oxygen atoms in total. The van der Waals surface area contributed by atoms with Crippen molar-refractivity contribution in [2.45, 2.75) is 76.9 Å². The summed E-state index contributed by atoms with van der Waals surface area (Å²) < 4.78 is 6.06. The standard InChI is InChI=1S/C15H27NO2/c1-2-3-6-12-18-14-9-5-4-8-13(14)16-11-7-10-15(16)17/h13-14H,2-12H2,1H3. The van der Waals surface area contributed by atoms with Gasteiger partial charge >= 0.3 is 0 Å². The van der Waals surface area contributed by atoms with Crippen LogP contribution in [0.25, 0.3) is 0 Å². The Morgan fingerprint density at radius 3 is 2.78 bits per heavy atom. The molecule has 18 heavy (non-hydrogen) atoms. The molecule has 0 radical (unpaired) electrons. The van der Waals surface area contributed by atoms with Gasteiger partial charge < -0.3 is 9.64 Å². The first-order chi connectivity index (χ1) is 8.83. The molecule has 2 aliphatic rings. The summed E-state index contributed by atoms with van der Waals surface area (Å²) in [6.07, 6.45) is 10.5. The third-order valence-corrected chi connectivity index (χ3v) is 4.26. The van der Waals surface area contributed by atoms with Gasteiger partial charge in [0.1, 0.15) is 0 Å². The minimum atomic E-state index is 0.303. The Labute approximate surface area is 111 Å². The summed E-state index contributed by atoms with van der Waals surface area (Å²) in [5, 5.41) is 0. The molecular formula is C15H27NO2. The van der Waals surface area contributed by atoms with Gasteiger partial charge in [0.25, 0.3) is 0 Å². The first-order valence-electron chi connectivity index (χ1n) is 7.74. The van der Waals surface area contributed by atoms with Crippen LogP contribution in [-0.2, 0) is 9.53 Å². The highest BCUT2D eigenvalue weighted by atomic mass is 16.5. The van der Waals surface area contributed by atoms with Crippen LogP contribution in [0.3, 0.4) is 0 Å². The predicted molar refractivity (Wildman–Crippen MR) is 72.5 cm³/mol. The maximum atomic E-state index is 11.9. The monoisotopic (exact) mass is 253 g/mol. The van der Waals surface area contributed by atoms with Gasteiger partial charge in [-0.2, -0.15) is 0 Å². The Morgan fingerprint density at radius 2 is 2.06 bits per heavy atom. The summed E-state index contributed by atoms with van der Waals surface area (Å²) in [6, 6.07) is 0.371. The minimum absolute atomic E-state index is 0.303. The van der Waals surface area contributed by atoms with Gasteiger partial charge in [0, 0.05) is 19.6 Å². The highest BCUT2D eigenvalue weighted by molar-refractivity contribution is 5.78. The molecule has 3 heteroatoms. The van der Waals surface area contributed by atoms with E-state index in [4.69, 9.17) is 4.74 Å². The van der Waals surface area contributed by atoms with Crippen molar-refractivity contribution < 1.29 is 9.53 Å². The summed E-state index contributed by atoms with van der Waals surface area (Å²) in [7, 11) is 0. The van der Waals surface area contributed by atoms with Crippen molar-refractivity contribution in [3.8, 4) is 0 Å². The number of unbranched alkanes of at least 4 members (excludes halogenated alkanes) is 2. The molecule has 1 aliphatic heterocycles. The summed E-state index contributed by atoms with van der Waals surface area (Å²) in [5.74, 6) is 0.351. The van der Waals surface area contributed by atoms with Crippen molar-refractivity contribution in [2.75, 3.05) is 13.2 Å². The third kappa shape index (κ3) is 3.47. The average Bonchev–Trinajstić information content (AvgIpc) is 2.81. The fraction of sp³-hybridized carbons (Fsp3) is 0.933. The summed E-state index contributed by atoms with van der Waals surface area (Å²) >= 11 is 0. The van der Waals surface area contributed by atoms with Crippen molar-refractivity contribution in [3.05, 3.63) is 0 Å². The van der Waals surface area contributed by atoms with Crippen molar-refractivity contribution >= 4 is 5.91 Å². The lowest BCUT2D eigenvalue weighted by Gasteiger charge is -2.37. The van der Waals surface area contributed by atoms with Gasteiger partial charge in [-0.05, 0) is 25.7 Å². The predicted octanol–water partition coefficient (Wildman–Crippen LogP) is 3.13. The maximum Gasteiger partial charge on any atom is 0.222 e. The summed E-state index contributed by atoms with van der Waals surface area (Å²) in [5.41, 5.74) is 0. The molecule has 0 aromatic carbocycles. The molecule has 2 unspecified atom stereocenters. The Balaban J connectivity index is 1.83. The van der Waals surface area contributed by atoms with Crippen LogP contribution >= 0.6 is 0 Å². The van der Waals surface area contributed by atoms with Crippen molar-refractivity contribution in [3.63, 3.8) is 0 Å². The number of rotatable bonds is 6. The maximum absolute atomic E-state index is 11.9. The van der Waals surface area contributed by atoms with Crippen molar-refractivity contribution in [2.24, 2.45) is 0 Å². The van der Waals surface area contributed by atoms with E-state index in [0.29, 0.717) is 18.1 Å². The van der Waals surface area contributed by atoms with Crippen LogP contribution in [0.1, 0.15) is 64.7 Å². The first-order valence-corrected chi connectivity index (χ1v) is 7.74. The quantitative estimate of drug-likeness (QED) is 0.681. The number of amides is 1. The van der Waals surface area contributed by atoms with E-state index >= 15 is 0 Å². The second-order valence-corrected chi connectivity index (χ2v) is 5.66. The van der Waals surface area contributed by atoms with Gasteiger partial charge in [0.05, 0.1) is 12.1 Å². The average molecular weight is 253 g/mol. The fourth-order valence-electron chi connectivity index (χ4n) is 3.23. The van der Waals surface area contributed by atoms with E-state index < -0.39 is 0 Å². The molecule has 1 aliphatic carbocycles. The van der Waals surface area contributed by atoms with E-state index in [1.165, 1.54) is 25.7 Å². The highest BCUT2D eigenvalue weighted by Crippen LogP contribution is 2.28. The molecule has 0 N–H and O–H groups in total. The smallest absolute Gasteiger partial charge is 0.222 e. The zero-order valence-corrected chi connectivity index (χ0v) is 11.7. The first kappa shape index (κ1) is 13.9. The van der Waals surface area contributed by atoms with Crippen molar-refractivity contribution in [1.82, 2.24) is 4.90 Å². The molecular weight excluding hydrogens is 226 g/mol. The van der Waals surface area contributed by atoms with Crippen LogP contribution in [0, 0.1) is 0 Å². The van der Waals surface area contributed by atoms with E-state index in [9.17, 15) is 4.79 Å². The minimum Gasteiger partial charge on any atom is -0.376 e. The lowest BCUT2D eigenvalue weighted by Crippen LogP contribution is -2.47. The van der Waals surface area contributed by atoms with Gasteiger partial charge in [-0.1, -0.05) is 32.6 Å². The Hall–Kier alpha value is -0.570. The molecule has 1 amide bonds. The Bertz CT molecular complexity index is 267. The third-order valence-electron chi connectivity index (χ3n) is 4.26. The van der Waals surface area contributed by atoms with E-state index in [1.807, 2.05) is 0 Å². The molecule has 0 aromatic rings. The molecule has 2 fully saturated rings. The molecule has 2 rings (SSSR count). The van der Waals surface area contributed by atoms with Gasteiger partial charge in [0.15, 0.2) is 0 Å². The second-order valence-electron chi connectivity index (χ2n) is 5.66. The normalized spacial score (nSPS) is 28.9. The van der Waals surface area contributed by atoms with Gasteiger partial charge in [-0.25, -0.2) is 0 Å². The molecule has 2 atom stereocenters. The number of ether oxygens (including phenoxy) is 1. The van der Waals surface area contributed by atoms with Crippen LogP contribution < -0.4 is 0 Å². The summed E-state index contributed by atoms with van der Waals surface area (Å²) in [4.78, 5) is 14.0. The Morgan fingerprint density at radius 1 is 1.22 bits per heavy atom. The number of carbonyl (C=O) groups excluding carboxylic acids is 1. The van der Waals surface area contributed by atoms with Crippen molar-refractivity contribution in [1.29, 1.82) is 0 Å². The molecule has 1 saturated carbocycles. The molecule has 0 aromatic heterocycles. The van der Waals surface area contributed by atoms with Crippen LogP contribution in [0.2, 0.25) is 0 Å². The molecule has 104 valence electrons. The number of hydrogen-bond donors (Lipinski definition) is 0. The highest BCUT2D eigenvalue weighted by Gasteiger charge is 2.35. The lowest BCUT2D eigenvalue weighted by molar-refractivity contribution is -0.134. The summed E-state index contributed by atoms with van der Waals surface area (Å²) in [6.45, 7) is 4.04. The van der Waals surface area contributed by atoms with E-state index in [0.717, 1.165) is 45.3 Å². The second kappa shape index (κ2) is 7.13. The zero-order chi connectivity index (χ0) is 12.8. The number of carbonyl (C=O) groups is 1. The fourth-order valence-corrected chi connectivity index (χ4v) is 3.23. The molecule has 1 heterocycles. The molecule has 0 spiro atoms. The van der Waals surface area contributed by atoms with Gasteiger partial charge in [-0.3, -0.25) is 4.79 Å². The van der Waals surface area contributed by atoms with Crippen LogP contribution in [0.15, 0.2) is 0 Å². The SMILES string of the molecule is CCCCCOC1CCCCC1N1CCCC1=O. The number of nitrogens with zero attached hydrogens (tertiary/aromatic N) is 1. The van der Waals surface area contributed by atoms with Crippen LogP contribution in [-0.4, -0.2) is 36.1 Å². The number of hydrogen-bond acceptors (Lipinski definition) is 2. The Kier molecular flexibility index (Phi) is 5.48. The van der Waals surface area contributed by atoms with E-state index in [2.05, 4.69) is 11.8 Å². The van der Waals surface area contributed by atoms with Gasteiger partial charge in [-0.15, -0.1) is 0 Å². The topological polar surface area (TPSA) is 29.5 Å².